The van der Waals surface area contributed by atoms with E-state index in [-0.39, 0.29) is 0 Å². The number of hydrogen-bond acceptors (Lipinski definition) is 1. The van der Waals surface area contributed by atoms with E-state index in [1.54, 1.807) is 5.57 Å². The molecule has 0 heterocycles. The normalized spacial score (nSPS) is 25.5. The van der Waals surface area contributed by atoms with Gasteiger partial charge in [0.05, 0.1) is 0 Å². The topological polar surface area (TPSA) is 17.1 Å². The van der Waals surface area contributed by atoms with Gasteiger partial charge in [-0.1, -0.05) is 12.1 Å². The van der Waals surface area contributed by atoms with Crippen molar-refractivity contribution in [3.63, 3.8) is 0 Å². The largest absolute Gasteiger partial charge is 0.294 e. The monoisotopic (exact) mass is 196 g/mol. The molecule has 1 aromatic rings. The standard InChI is InChI=1S/C14H12O/c15-14-5-4-8-6-12-9-2-1-3-10(9)13(12)7-11(8)14/h2,6-7,10H,1,3-5H2. The summed E-state index contributed by atoms with van der Waals surface area (Å²) in [5, 5.41) is 0. The molecule has 0 aliphatic heterocycles. The number of carbonyl (C=O) groups excluding carboxylic acids is 1. The van der Waals surface area contributed by atoms with Crippen molar-refractivity contribution in [2.75, 3.05) is 0 Å². The molecular formula is C14H12O. The van der Waals surface area contributed by atoms with Crippen molar-refractivity contribution in [3.8, 4) is 0 Å². The Labute approximate surface area is 88.8 Å². The highest BCUT2D eigenvalue weighted by atomic mass is 16.1. The smallest absolute Gasteiger partial charge is 0.163 e. The van der Waals surface area contributed by atoms with E-state index in [0.717, 1.165) is 18.4 Å². The Morgan fingerprint density at radius 2 is 2.07 bits per heavy atom. The van der Waals surface area contributed by atoms with Gasteiger partial charge in [-0.3, -0.25) is 4.79 Å². The summed E-state index contributed by atoms with van der Waals surface area (Å²) >= 11 is 0. The minimum absolute atomic E-state index is 0.350. The lowest BCUT2D eigenvalue weighted by Gasteiger charge is -2.31. The van der Waals surface area contributed by atoms with E-state index in [4.69, 9.17) is 0 Å². The lowest BCUT2D eigenvalue weighted by atomic mass is 9.73. The average molecular weight is 196 g/mol. The van der Waals surface area contributed by atoms with E-state index in [2.05, 4.69) is 18.2 Å². The summed E-state index contributed by atoms with van der Waals surface area (Å²) in [5.74, 6) is 1.02. The summed E-state index contributed by atoms with van der Waals surface area (Å²) in [5.41, 5.74) is 6.72. The van der Waals surface area contributed by atoms with Gasteiger partial charge in [-0.05, 0) is 47.6 Å². The summed E-state index contributed by atoms with van der Waals surface area (Å²) in [7, 11) is 0. The minimum atomic E-state index is 0.350. The molecule has 3 aliphatic carbocycles. The summed E-state index contributed by atoms with van der Waals surface area (Å²) in [6.07, 6.45) is 6.53. The Morgan fingerprint density at radius 3 is 3.00 bits per heavy atom. The van der Waals surface area contributed by atoms with E-state index < -0.39 is 0 Å². The summed E-state index contributed by atoms with van der Waals surface area (Å²) < 4.78 is 0. The molecule has 0 fully saturated rings. The van der Waals surface area contributed by atoms with Gasteiger partial charge < -0.3 is 0 Å². The molecule has 0 aromatic heterocycles. The number of Topliss-reactive ketones (excluding diaryl/α,β-unsaturated/α-hetero) is 1. The second-order valence-corrected chi connectivity index (χ2v) is 4.81. The fraction of sp³-hybridized carbons (Fsp3) is 0.357. The molecule has 1 nitrogen and oxygen atoms in total. The van der Waals surface area contributed by atoms with Crippen LogP contribution in [0.25, 0.3) is 5.57 Å². The first-order valence-electron chi connectivity index (χ1n) is 5.75. The van der Waals surface area contributed by atoms with Crippen LogP contribution in [-0.4, -0.2) is 5.78 Å². The van der Waals surface area contributed by atoms with Gasteiger partial charge in [0.25, 0.3) is 0 Å². The molecule has 1 unspecified atom stereocenters. The van der Waals surface area contributed by atoms with E-state index in [9.17, 15) is 4.79 Å². The highest BCUT2D eigenvalue weighted by molar-refractivity contribution is 6.02. The van der Waals surface area contributed by atoms with Gasteiger partial charge in [0, 0.05) is 17.9 Å². The molecule has 0 N–H and O–H groups in total. The zero-order valence-electron chi connectivity index (χ0n) is 8.55. The van der Waals surface area contributed by atoms with Crippen LogP contribution in [0.5, 0.6) is 0 Å². The molecule has 0 radical (unpaired) electrons. The number of benzene rings is 1. The second-order valence-electron chi connectivity index (χ2n) is 4.81. The number of hydrogen-bond donors (Lipinski definition) is 0. The first kappa shape index (κ1) is 7.86. The first-order chi connectivity index (χ1) is 7.34. The SMILES string of the molecule is O=C1CCc2cc3c(cc21)C1CCC=C31. The van der Waals surface area contributed by atoms with Gasteiger partial charge in [-0.25, -0.2) is 0 Å². The Hall–Kier alpha value is -1.37. The molecule has 4 rings (SSSR count). The Balaban J connectivity index is 1.96. The van der Waals surface area contributed by atoms with E-state index in [1.165, 1.54) is 29.5 Å². The number of fused-ring (bicyclic) bond motifs is 5. The van der Waals surface area contributed by atoms with Gasteiger partial charge >= 0.3 is 0 Å². The highest BCUT2D eigenvalue weighted by Crippen LogP contribution is 2.53. The predicted octanol–water partition coefficient (Wildman–Crippen LogP) is 3.09. The summed E-state index contributed by atoms with van der Waals surface area (Å²) in [4.78, 5) is 11.6. The van der Waals surface area contributed by atoms with Crippen molar-refractivity contribution in [1.82, 2.24) is 0 Å². The molecule has 0 spiro atoms. The van der Waals surface area contributed by atoms with Crippen molar-refractivity contribution in [1.29, 1.82) is 0 Å². The number of carbonyl (C=O) groups is 1. The molecule has 1 heteroatoms. The van der Waals surface area contributed by atoms with Crippen LogP contribution >= 0.6 is 0 Å². The van der Waals surface area contributed by atoms with Crippen LogP contribution in [0, 0.1) is 0 Å². The molecule has 0 saturated heterocycles. The molecule has 3 aliphatic rings. The fourth-order valence-electron chi connectivity index (χ4n) is 3.30. The van der Waals surface area contributed by atoms with Crippen LogP contribution in [0.1, 0.15) is 52.2 Å². The number of aryl methyl sites for hydroxylation is 1. The van der Waals surface area contributed by atoms with Crippen LogP contribution < -0.4 is 0 Å². The van der Waals surface area contributed by atoms with E-state index >= 15 is 0 Å². The van der Waals surface area contributed by atoms with Crippen LogP contribution in [0.4, 0.5) is 0 Å². The number of allylic oxidation sites excluding steroid dienone is 2. The third kappa shape index (κ3) is 0.823. The van der Waals surface area contributed by atoms with Gasteiger partial charge in [-0.15, -0.1) is 0 Å². The number of rotatable bonds is 0. The maximum Gasteiger partial charge on any atom is 0.163 e. The van der Waals surface area contributed by atoms with Crippen molar-refractivity contribution in [3.05, 3.63) is 40.5 Å². The van der Waals surface area contributed by atoms with Crippen molar-refractivity contribution in [2.45, 2.75) is 31.6 Å². The molecule has 74 valence electrons. The lowest BCUT2D eigenvalue weighted by molar-refractivity contribution is 0.0994. The molecule has 0 bridgehead atoms. The molecular weight excluding hydrogens is 184 g/mol. The molecule has 1 aromatic carbocycles. The lowest BCUT2D eigenvalue weighted by Crippen LogP contribution is -2.14. The molecule has 0 amide bonds. The highest BCUT2D eigenvalue weighted by Gasteiger charge is 2.36. The quantitative estimate of drug-likeness (QED) is 0.623. The van der Waals surface area contributed by atoms with E-state index in [1.807, 2.05) is 0 Å². The van der Waals surface area contributed by atoms with Gasteiger partial charge in [0.15, 0.2) is 5.78 Å². The Bertz CT molecular complexity index is 522. The first-order valence-corrected chi connectivity index (χ1v) is 5.75. The predicted molar refractivity (Wildman–Crippen MR) is 59.0 cm³/mol. The number of ketones is 1. The van der Waals surface area contributed by atoms with Crippen molar-refractivity contribution >= 4 is 11.4 Å². The maximum absolute atomic E-state index is 11.6. The Kier molecular flexibility index (Phi) is 1.26. The summed E-state index contributed by atoms with van der Waals surface area (Å²) in [6, 6.07) is 4.44. The average Bonchev–Trinajstić information content (AvgIpc) is 2.79. The minimum Gasteiger partial charge on any atom is -0.294 e. The van der Waals surface area contributed by atoms with Crippen LogP contribution in [-0.2, 0) is 6.42 Å². The van der Waals surface area contributed by atoms with Crippen LogP contribution in [0.2, 0.25) is 0 Å². The van der Waals surface area contributed by atoms with Crippen molar-refractivity contribution in [2.24, 2.45) is 0 Å². The fourth-order valence-corrected chi connectivity index (χ4v) is 3.30. The van der Waals surface area contributed by atoms with Crippen LogP contribution in [0.3, 0.4) is 0 Å². The molecule has 15 heavy (non-hydrogen) atoms. The van der Waals surface area contributed by atoms with Gasteiger partial charge in [-0.2, -0.15) is 0 Å². The Morgan fingerprint density at radius 1 is 1.13 bits per heavy atom. The van der Waals surface area contributed by atoms with Gasteiger partial charge in [0.2, 0.25) is 0 Å². The summed E-state index contributed by atoms with van der Waals surface area (Å²) in [6.45, 7) is 0. The van der Waals surface area contributed by atoms with Gasteiger partial charge in [0.1, 0.15) is 0 Å². The molecule has 1 atom stereocenters. The van der Waals surface area contributed by atoms with Crippen molar-refractivity contribution < 1.29 is 4.79 Å². The zero-order valence-corrected chi connectivity index (χ0v) is 8.55. The maximum atomic E-state index is 11.6. The zero-order chi connectivity index (χ0) is 9.99. The third-order valence-corrected chi connectivity index (χ3v) is 4.08. The van der Waals surface area contributed by atoms with E-state index in [0.29, 0.717) is 11.7 Å². The van der Waals surface area contributed by atoms with Crippen LogP contribution in [0.15, 0.2) is 18.2 Å². The second kappa shape index (κ2) is 2.41. The third-order valence-electron chi connectivity index (χ3n) is 4.08. The molecule has 0 saturated carbocycles.